The molecule has 7 nitrogen and oxygen atoms in total. The van der Waals surface area contributed by atoms with Gasteiger partial charge in [-0.05, 0) is 83.3 Å². The Bertz CT molecular complexity index is 546. The van der Waals surface area contributed by atoms with E-state index in [0.717, 1.165) is 26.1 Å². The second kappa shape index (κ2) is 8.46. The van der Waals surface area contributed by atoms with E-state index in [1.165, 1.54) is 51.6 Å². The number of carbonyl (C=O) groups excluding carboxylic acids is 1. The van der Waals surface area contributed by atoms with E-state index in [9.17, 15) is 9.90 Å². The van der Waals surface area contributed by atoms with Crippen LogP contribution in [-0.2, 0) is 4.74 Å². The SMILES string of the molecule is CCOC(=O)N1CCC2(CC(N3CCC([C@@H]4CCCN4C(O)NC)CC3)C2)C1. The molecule has 1 aliphatic carbocycles. The summed E-state index contributed by atoms with van der Waals surface area (Å²) in [6.45, 7) is 7.46. The fraction of sp³-hybridized carbons (Fsp3) is 0.952. The van der Waals surface area contributed by atoms with Gasteiger partial charge >= 0.3 is 6.09 Å². The molecule has 4 aliphatic rings. The summed E-state index contributed by atoms with van der Waals surface area (Å²) in [5.74, 6) is 0.710. The normalized spacial score (nSPS) is 36.0. The first-order chi connectivity index (χ1) is 13.5. The minimum atomic E-state index is -0.498. The lowest BCUT2D eigenvalue weighted by molar-refractivity contribution is -0.0544. The van der Waals surface area contributed by atoms with Crippen molar-refractivity contribution in [1.82, 2.24) is 20.0 Å². The fourth-order valence-corrected chi connectivity index (χ4v) is 6.30. The Kier molecular flexibility index (Phi) is 6.16. The molecule has 2 atom stereocenters. The van der Waals surface area contributed by atoms with E-state index in [2.05, 4.69) is 15.1 Å². The second-order valence-electron chi connectivity index (χ2n) is 9.42. The lowest BCUT2D eigenvalue weighted by Crippen LogP contribution is -2.56. The number of nitrogens with one attached hydrogen (secondary N) is 1. The minimum Gasteiger partial charge on any atom is -0.450 e. The maximum absolute atomic E-state index is 12.0. The van der Waals surface area contributed by atoms with Crippen LogP contribution >= 0.6 is 0 Å². The highest BCUT2D eigenvalue weighted by molar-refractivity contribution is 5.68. The molecule has 4 rings (SSSR count). The van der Waals surface area contributed by atoms with Crippen LogP contribution in [-0.4, -0.2) is 90.7 Å². The number of nitrogens with zero attached hydrogens (tertiary/aromatic N) is 3. The summed E-state index contributed by atoms with van der Waals surface area (Å²) in [6.07, 6.45) is 7.90. The maximum Gasteiger partial charge on any atom is 0.409 e. The van der Waals surface area contributed by atoms with E-state index >= 15 is 0 Å². The molecule has 7 heteroatoms. The predicted octanol–water partition coefficient (Wildman–Crippen LogP) is 1.67. The van der Waals surface area contributed by atoms with Gasteiger partial charge < -0.3 is 19.6 Å². The third-order valence-corrected chi connectivity index (χ3v) is 7.85. The Labute approximate surface area is 169 Å². The first kappa shape index (κ1) is 20.4. The number of hydrogen-bond donors (Lipinski definition) is 2. The fourth-order valence-electron chi connectivity index (χ4n) is 6.30. The molecule has 4 fully saturated rings. The Morgan fingerprint density at radius 2 is 1.96 bits per heavy atom. The van der Waals surface area contributed by atoms with Crippen molar-refractivity contribution < 1.29 is 14.6 Å². The van der Waals surface area contributed by atoms with Crippen molar-refractivity contribution in [3.63, 3.8) is 0 Å². The molecule has 0 aromatic rings. The van der Waals surface area contributed by atoms with Crippen LogP contribution in [0, 0.1) is 11.3 Å². The molecule has 2 N–H and O–H groups in total. The van der Waals surface area contributed by atoms with Gasteiger partial charge in [0.1, 0.15) is 0 Å². The molecule has 28 heavy (non-hydrogen) atoms. The van der Waals surface area contributed by atoms with Crippen LogP contribution < -0.4 is 5.32 Å². The van der Waals surface area contributed by atoms with Gasteiger partial charge in [-0.3, -0.25) is 10.2 Å². The summed E-state index contributed by atoms with van der Waals surface area (Å²) in [4.78, 5) is 18.9. The number of carbonyl (C=O) groups is 1. The Morgan fingerprint density at radius 3 is 2.64 bits per heavy atom. The summed E-state index contributed by atoms with van der Waals surface area (Å²) < 4.78 is 5.18. The summed E-state index contributed by atoms with van der Waals surface area (Å²) in [7, 11) is 1.83. The summed E-state index contributed by atoms with van der Waals surface area (Å²) >= 11 is 0. The molecule has 1 amide bonds. The lowest BCUT2D eigenvalue weighted by atomic mass is 9.64. The zero-order chi connectivity index (χ0) is 19.7. The Hall–Kier alpha value is -0.890. The first-order valence-electron chi connectivity index (χ1n) is 11.3. The molecule has 3 heterocycles. The maximum atomic E-state index is 12.0. The minimum absolute atomic E-state index is 0.131. The molecular weight excluding hydrogens is 356 g/mol. The van der Waals surface area contributed by atoms with Gasteiger partial charge in [-0.15, -0.1) is 0 Å². The molecule has 1 unspecified atom stereocenters. The van der Waals surface area contributed by atoms with Crippen LogP contribution in [0.2, 0.25) is 0 Å². The molecule has 0 bridgehead atoms. The van der Waals surface area contributed by atoms with E-state index in [4.69, 9.17) is 4.74 Å². The smallest absolute Gasteiger partial charge is 0.409 e. The Morgan fingerprint density at radius 1 is 1.21 bits per heavy atom. The van der Waals surface area contributed by atoms with Gasteiger partial charge in [0.2, 0.25) is 0 Å². The number of piperidine rings is 1. The molecular formula is C21H38N4O3. The Balaban J connectivity index is 1.22. The monoisotopic (exact) mass is 394 g/mol. The second-order valence-corrected chi connectivity index (χ2v) is 9.42. The molecule has 160 valence electrons. The number of ether oxygens (including phenoxy) is 1. The van der Waals surface area contributed by atoms with E-state index in [-0.39, 0.29) is 6.09 Å². The van der Waals surface area contributed by atoms with E-state index in [1.54, 1.807) is 0 Å². The van der Waals surface area contributed by atoms with Gasteiger partial charge in [0.15, 0.2) is 6.35 Å². The van der Waals surface area contributed by atoms with Crippen molar-refractivity contribution in [3.05, 3.63) is 0 Å². The molecule has 3 saturated heterocycles. The van der Waals surface area contributed by atoms with E-state index in [1.807, 2.05) is 18.9 Å². The van der Waals surface area contributed by atoms with Gasteiger partial charge in [0.25, 0.3) is 0 Å². The van der Waals surface area contributed by atoms with Gasteiger partial charge in [0.05, 0.1) is 6.61 Å². The number of likely N-dealkylation sites (tertiary alicyclic amines) is 3. The quantitative estimate of drug-likeness (QED) is 0.692. The van der Waals surface area contributed by atoms with Crippen LogP contribution in [0.1, 0.15) is 51.9 Å². The van der Waals surface area contributed by atoms with Crippen molar-refractivity contribution in [2.24, 2.45) is 11.3 Å². The summed E-state index contributed by atoms with van der Waals surface area (Å²) in [6, 6.07) is 1.23. The van der Waals surface area contributed by atoms with Crippen molar-refractivity contribution >= 4 is 6.09 Å². The van der Waals surface area contributed by atoms with Crippen molar-refractivity contribution in [3.8, 4) is 0 Å². The first-order valence-corrected chi connectivity index (χ1v) is 11.3. The lowest BCUT2D eigenvalue weighted by Gasteiger charge is -2.52. The molecule has 0 radical (unpaired) electrons. The average Bonchev–Trinajstić information content (AvgIpc) is 3.34. The molecule has 0 aromatic carbocycles. The van der Waals surface area contributed by atoms with Gasteiger partial charge in [-0.25, -0.2) is 4.79 Å². The largest absolute Gasteiger partial charge is 0.450 e. The number of aliphatic hydroxyl groups excluding tert-OH is 1. The van der Waals surface area contributed by atoms with Crippen LogP contribution in [0.25, 0.3) is 0 Å². The van der Waals surface area contributed by atoms with Gasteiger partial charge in [-0.2, -0.15) is 0 Å². The van der Waals surface area contributed by atoms with Crippen LogP contribution in [0.5, 0.6) is 0 Å². The highest BCUT2D eigenvalue weighted by Crippen LogP contribution is 2.51. The van der Waals surface area contributed by atoms with E-state index in [0.29, 0.717) is 30.0 Å². The van der Waals surface area contributed by atoms with Gasteiger partial charge in [-0.1, -0.05) is 0 Å². The highest BCUT2D eigenvalue weighted by Gasteiger charge is 2.51. The molecule has 3 aliphatic heterocycles. The predicted molar refractivity (Wildman–Crippen MR) is 108 cm³/mol. The number of hydrogen-bond acceptors (Lipinski definition) is 6. The summed E-state index contributed by atoms with van der Waals surface area (Å²) in [5.41, 5.74) is 0.355. The number of aliphatic hydroxyl groups is 1. The zero-order valence-corrected chi connectivity index (χ0v) is 17.6. The van der Waals surface area contributed by atoms with E-state index < -0.39 is 6.35 Å². The zero-order valence-electron chi connectivity index (χ0n) is 17.6. The van der Waals surface area contributed by atoms with Crippen molar-refractivity contribution in [2.45, 2.75) is 70.3 Å². The molecule has 1 saturated carbocycles. The highest BCUT2D eigenvalue weighted by atomic mass is 16.6. The third-order valence-electron chi connectivity index (χ3n) is 7.85. The standard InChI is InChI=1S/C21H38N4O3/c1-3-28-20(27)24-12-8-21(15-24)13-17(14-21)23-10-6-16(7-11-23)18-5-4-9-25(18)19(26)22-2/h16-19,22,26H,3-15H2,1-2H3/t17?,18-,19?,21?/m0/s1. The number of amides is 1. The van der Waals surface area contributed by atoms with Crippen molar-refractivity contribution in [1.29, 1.82) is 0 Å². The molecule has 1 spiro atoms. The summed E-state index contributed by atoms with van der Waals surface area (Å²) in [5, 5.41) is 13.2. The van der Waals surface area contributed by atoms with Crippen LogP contribution in [0.4, 0.5) is 4.79 Å². The third kappa shape index (κ3) is 3.91. The van der Waals surface area contributed by atoms with Crippen LogP contribution in [0.3, 0.4) is 0 Å². The van der Waals surface area contributed by atoms with Crippen molar-refractivity contribution in [2.75, 3.05) is 46.4 Å². The van der Waals surface area contributed by atoms with Gasteiger partial charge in [0, 0.05) is 31.7 Å². The number of rotatable bonds is 5. The molecule has 0 aromatic heterocycles. The topological polar surface area (TPSA) is 68.3 Å². The van der Waals surface area contributed by atoms with Crippen LogP contribution in [0.15, 0.2) is 0 Å². The average molecular weight is 395 g/mol.